The second-order valence-electron chi connectivity index (χ2n) is 7.06. The van der Waals surface area contributed by atoms with E-state index >= 15 is 0 Å². The number of furan rings is 1. The number of hydrogen-bond donors (Lipinski definition) is 1. The highest BCUT2D eigenvalue weighted by Crippen LogP contribution is 2.32. The maximum absolute atomic E-state index is 13.1. The summed E-state index contributed by atoms with van der Waals surface area (Å²) in [6.07, 6.45) is 3.83. The van der Waals surface area contributed by atoms with Crippen molar-refractivity contribution in [2.24, 2.45) is 0 Å². The number of hydrogen-bond acceptors (Lipinski definition) is 4. The van der Waals surface area contributed by atoms with E-state index in [4.69, 9.17) is 16.0 Å². The SMILES string of the molecule is Cc1cc(Cl)c2oc(C(=O)N[C@@H](CCn3cncn3)c3ccccc3)c(C)c2c1. The maximum Gasteiger partial charge on any atom is 0.287 e. The number of amides is 1. The number of nitrogens with one attached hydrogen (secondary N) is 1. The van der Waals surface area contributed by atoms with Crippen LogP contribution in [0, 0.1) is 13.8 Å². The molecule has 0 aliphatic heterocycles. The summed E-state index contributed by atoms with van der Waals surface area (Å²) < 4.78 is 7.61. The van der Waals surface area contributed by atoms with Crippen molar-refractivity contribution in [1.82, 2.24) is 20.1 Å². The van der Waals surface area contributed by atoms with Gasteiger partial charge in [-0.25, -0.2) is 4.98 Å². The lowest BCUT2D eigenvalue weighted by Crippen LogP contribution is -2.29. The topological polar surface area (TPSA) is 73.0 Å². The van der Waals surface area contributed by atoms with Crippen LogP contribution in [-0.4, -0.2) is 20.7 Å². The van der Waals surface area contributed by atoms with Gasteiger partial charge in [-0.3, -0.25) is 9.48 Å². The number of aromatic nitrogens is 3. The first-order valence-corrected chi connectivity index (χ1v) is 9.78. The fourth-order valence-electron chi connectivity index (χ4n) is 3.47. The van der Waals surface area contributed by atoms with Crippen LogP contribution in [0.15, 0.2) is 59.5 Å². The summed E-state index contributed by atoms with van der Waals surface area (Å²) in [6, 6.07) is 13.5. The number of benzene rings is 2. The normalized spacial score (nSPS) is 12.2. The van der Waals surface area contributed by atoms with E-state index in [1.807, 2.05) is 56.3 Å². The van der Waals surface area contributed by atoms with Gasteiger partial charge in [0.15, 0.2) is 11.3 Å². The summed E-state index contributed by atoms with van der Waals surface area (Å²) in [4.78, 5) is 17.1. The van der Waals surface area contributed by atoms with Gasteiger partial charge in [0.25, 0.3) is 5.91 Å². The Bertz CT molecular complexity index is 1140. The van der Waals surface area contributed by atoms with E-state index in [1.54, 1.807) is 11.0 Å². The number of nitrogens with zero attached hydrogens (tertiary/aromatic N) is 3. The smallest absolute Gasteiger partial charge is 0.287 e. The maximum atomic E-state index is 13.1. The van der Waals surface area contributed by atoms with Gasteiger partial charge in [-0.2, -0.15) is 5.10 Å². The second kappa shape index (κ2) is 8.09. The van der Waals surface area contributed by atoms with E-state index < -0.39 is 0 Å². The van der Waals surface area contributed by atoms with Crippen LogP contribution in [0.25, 0.3) is 11.0 Å². The molecule has 7 heteroatoms. The molecule has 148 valence electrons. The highest BCUT2D eigenvalue weighted by Gasteiger charge is 2.23. The molecule has 4 rings (SSSR count). The minimum Gasteiger partial charge on any atom is -0.449 e. The van der Waals surface area contributed by atoms with Gasteiger partial charge in [-0.15, -0.1) is 0 Å². The molecule has 0 fully saturated rings. The third kappa shape index (κ3) is 4.03. The van der Waals surface area contributed by atoms with Crippen LogP contribution in [-0.2, 0) is 6.54 Å². The van der Waals surface area contributed by atoms with Gasteiger partial charge in [0, 0.05) is 17.5 Å². The molecule has 2 aromatic carbocycles. The first-order chi connectivity index (χ1) is 14.0. The number of halogens is 1. The second-order valence-corrected chi connectivity index (χ2v) is 7.47. The van der Waals surface area contributed by atoms with Crippen molar-refractivity contribution in [3.05, 3.63) is 82.6 Å². The minimum atomic E-state index is -0.264. The van der Waals surface area contributed by atoms with Gasteiger partial charge in [-0.05, 0) is 43.5 Å². The molecule has 0 unspecified atom stereocenters. The van der Waals surface area contributed by atoms with Crippen molar-refractivity contribution in [3.8, 4) is 0 Å². The highest BCUT2D eigenvalue weighted by molar-refractivity contribution is 6.35. The number of rotatable bonds is 6. The van der Waals surface area contributed by atoms with Crippen molar-refractivity contribution in [2.45, 2.75) is 32.9 Å². The van der Waals surface area contributed by atoms with Crippen molar-refractivity contribution in [1.29, 1.82) is 0 Å². The molecule has 0 spiro atoms. The zero-order chi connectivity index (χ0) is 20.4. The predicted octanol–water partition coefficient (Wildman–Crippen LogP) is 4.86. The Kier molecular flexibility index (Phi) is 5.36. The molecule has 0 saturated heterocycles. The van der Waals surface area contributed by atoms with E-state index in [9.17, 15) is 4.79 Å². The Morgan fingerprint density at radius 3 is 2.76 bits per heavy atom. The lowest BCUT2D eigenvalue weighted by Gasteiger charge is -2.19. The molecule has 29 heavy (non-hydrogen) atoms. The van der Waals surface area contributed by atoms with Gasteiger partial charge in [0.2, 0.25) is 0 Å². The zero-order valence-corrected chi connectivity index (χ0v) is 17.0. The summed E-state index contributed by atoms with van der Waals surface area (Å²) in [5, 5.41) is 8.62. The number of carbonyl (C=O) groups is 1. The Balaban J connectivity index is 1.61. The summed E-state index contributed by atoms with van der Waals surface area (Å²) in [7, 11) is 0. The summed E-state index contributed by atoms with van der Waals surface area (Å²) >= 11 is 6.32. The quantitative estimate of drug-likeness (QED) is 0.494. The first kappa shape index (κ1) is 19.2. The monoisotopic (exact) mass is 408 g/mol. The van der Waals surface area contributed by atoms with Crippen molar-refractivity contribution >= 4 is 28.5 Å². The number of aryl methyl sites for hydroxylation is 3. The van der Waals surface area contributed by atoms with Crippen LogP contribution in [0.1, 0.15) is 39.7 Å². The highest BCUT2D eigenvalue weighted by atomic mass is 35.5. The first-order valence-electron chi connectivity index (χ1n) is 9.40. The molecule has 0 bridgehead atoms. The Labute approximate surface area is 173 Å². The largest absolute Gasteiger partial charge is 0.449 e. The fraction of sp³-hybridized carbons (Fsp3) is 0.227. The summed E-state index contributed by atoms with van der Waals surface area (Å²) in [6.45, 7) is 4.47. The van der Waals surface area contributed by atoms with Crippen molar-refractivity contribution in [2.75, 3.05) is 0 Å². The van der Waals surface area contributed by atoms with Gasteiger partial charge in [0.1, 0.15) is 12.7 Å². The van der Waals surface area contributed by atoms with E-state index in [-0.39, 0.29) is 17.7 Å². The zero-order valence-electron chi connectivity index (χ0n) is 16.2. The molecule has 2 heterocycles. The summed E-state index contributed by atoms with van der Waals surface area (Å²) in [5.74, 6) is 0.0223. The number of carbonyl (C=O) groups excluding carboxylic acids is 1. The molecule has 1 amide bonds. The third-order valence-corrected chi connectivity index (χ3v) is 5.24. The Morgan fingerprint density at radius 2 is 2.03 bits per heavy atom. The summed E-state index contributed by atoms with van der Waals surface area (Å²) in [5.41, 5.74) is 3.36. The van der Waals surface area contributed by atoms with E-state index in [0.717, 1.165) is 22.1 Å². The Hall–Kier alpha value is -3.12. The van der Waals surface area contributed by atoms with Crippen LogP contribution in [0.5, 0.6) is 0 Å². The van der Waals surface area contributed by atoms with Crippen molar-refractivity contribution in [3.63, 3.8) is 0 Å². The molecular weight excluding hydrogens is 388 g/mol. The minimum absolute atomic E-state index is 0.197. The molecule has 0 aliphatic carbocycles. The lowest BCUT2D eigenvalue weighted by molar-refractivity contribution is 0.0906. The van der Waals surface area contributed by atoms with Crippen LogP contribution >= 0.6 is 11.6 Å². The molecular formula is C22H21ClN4O2. The van der Waals surface area contributed by atoms with Crippen molar-refractivity contribution < 1.29 is 9.21 Å². The molecule has 6 nitrogen and oxygen atoms in total. The molecule has 0 aliphatic rings. The lowest BCUT2D eigenvalue weighted by atomic mass is 10.0. The van der Waals surface area contributed by atoms with Gasteiger partial charge in [0.05, 0.1) is 11.1 Å². The molecule has 1 atom stereocenters. The average Bonchev–Trinajstić information content (AvgIpc) is 3.34. The van der Waals surface area contributed by atoms with E-state index in [0.29, 0.717) is 23.6 Å². The van der Waals surface area contributed by atoms with E-state index in [2.05, 4.69) is 15.4 Å². The standard InChI is InChI=1S/C22H21ClN4O2/c1-14-10-17-15(2)20(29-21(17)18(23)11-14)22(28)26-19(16-6-4-3-5-7-16)8-9-27-13-24-12-25-27/h3-7,10-13,19H,8-9H2,1-2H3,(H,26,28)/t19-/m0/s1. The third-order valence-electron chi connectivity index (χ3n) is 4.96. The van der Waals surface area contributed by atoms with Crippen LogP contribution in [0.4, 0.5) is 0 Å². The van der Waals surface area contributed by atoms with E-state index in [1.165, 1.54) is 6.33 Å². The Morgan fingerprint density at radius 1 is 1.24 bits per heavy atom. The van der Waals surface area contributed by atoms with Crippen LogP contribution in [0.2, 0.25) is 5.02 Å². The fourth-order valence-corrected chi connectivity index (χ4v) is 3.78. The molecule has 0 radical (unpaired) electrons. The van der Waals surface area contributed by atoms with Gasteiger partial charge in [-0.1, -0.05) is 41.9 Å². The van der Waals surface area contributed by atoms with Gasteiger partial charge < -0.3 is 9.73 Å². The molecule has 1 N–H and O–H groups in total. The predicted molar refractivity (Wildman–Crippen MR) is 112 cm³/mol. The molecule has 2 aromatic heterocycles. The van der Waals surface area contributed by atoms with Crippen LogP contribution < -0.4 is 5.32 Å². The molecule has 4 aromatic rings. The van der Waals surface area contributed by atoms with Gasteiger partial charge >= 0.3 is 0 Å². The van der Waals surface area contributed by atoms with Crippen LogP contribution in [0.3, 0.4) is 0 Å². The molecule has 0 saturated carbocycles. The number of fused-ring (bicyclic) bond motifs is 1. The average molecular weight is 409 g/mol.